The summed E-state index contributed by atoms with van der Waals surface area (Å²) in [6, 6.07) is 3.57. The molecule has 0 spiro atoms. The molecule has 1 N–H and O–H groups in total. The van der Waals surface area contributed by atoms with Gasteiger partial charge in [0.15, 0.2) is 0 Å². The predicted molar refractivity (Wildman–Crippen MR) is 59.3 cm³/mol. The first-order chi connectivity index (χ1) is 7.50. The number of amides is 1. The van der Waals surface area contributed by atoms with Gasteiger partial charge < -0.3 is 5.11 Å². The topological polar surface area (TPSA) is 70.5 Å². The molecule has 5 heteroatoms. The molecule has 1 amide bonds. The zero-order valence-corrected chi connectivity index (χ0v) is 9.30. The van der Waals surface area contributed by atoms with E-state index >= 15 is 0 Å². The zero-order chi connectivity index (χ0) is 12.1. The predicted octanol–water partition coefficient (Wildman–Crippen LogP) is 1.22. The van der Waals surface area contributed by atoms with Crippen LogP contribution in [-0.4, -0.2) is 28.5 Å². The van der Waals surface area contributed by atoms with Crippen molar-refractivity contribution in [1.29, 1.82) is 0 Å². The highest BCUT2D eigenvalue weighted by Crippen LogP contribution is 2.12. The summed E-state index contributed by atoms with van der Waals surface area (Å²) in [7, 11) is 0. The van der Waals surface area contributed by atoms with Crippen molar-refractivity contribution in [3.05, 3.63) is 23.9 Å². The summed E-state index contributed by atoms with van der Waals surface area (Å²) in [6.45, 7) is 3.42. The summed E-state index contributed by atoms with van der Waals surface area (Å²) in [4.78, 5) is 27.2. The van der Waals surface area contributed by atoms with Gasteiger partial charge in [-0.3, -0.25) is 14.5 Å². The second-order valence-electron chi connectivity index (χ2n) is 3.51. The van der Waals surface area contributed by atoms with Crippen LogP contribution >= 0.6 is 0 Å². The van der Waals surface area contributed by atoms with Gasteiger partial charge in [0.25, 0.3) is 0 Å². The molecule has 0 radical (unpaired) electrons. The normalized spacial score (nSPS) is 9.88. The number of hydrogen-bond donors (Lipinski definition) is 1. The third-order valence-electron chi connectivity index (χ3n) is 2.11. The fourth-order valence-corrected chi connectivity index (χ4v) is 1.31. The molecule has 86 valence electrons. The molecule has 5 nitrogen and oxygen atoms in total. The highest BCUT2D eigenvalue weighted by Gasteiger charge is 2.13. The summed E-state index contributed by atoms with van der Waals surface area (Å²) in [5.41, 5.74) is 0.978. The molecular formula is C11H14N2O3. The van der Waals surface area contributed by atoms with Crippen molar-refractivity contribution >= 4 is 17.7 Å². The smallest absolute Gasteiger partial charge is 0.305 e. The highest BCUT2D eigenvalue weighted by atomic mass is 16.4. The van der Waals surface area contributed by atoms with E-state index < -0.39 is 5.97 Å². The average Bonchev–Trinajstić information content (AvgIpc) is 2.17. The van der Waals surface area contributed by atoms with Crippen LogP contribution in [0, 0.1) is 6.92 Å². The van der Waals surface area contributed by atoms with Crippen molar-refractivity contribution in [2.24, 2.45) is 0 Å². The van der Waals surface area contributed by atoms with E-state index in [9.17, 15) is 9.59 Å². The number of aryl methyl sites for hydroxylation is 1. The van der Waals surface area contributed by atoms with Gasteiger partial charge in [-0.1, -0.05) is 0 Å². The summed E-state index contributed by atoms with van der Waals surface area (Å²) in [5, 5.41) is 8.59. The molecule has 0 aliphatic carbocycles. The molecule has 1 rings (SSSR count). The van der Waals surface area contributed by atoms with Crippen LogP contribution in [-0.2, 0) is 9.59 Å². The first-order valence-electron chi connectivity index (χ1n) is 4.93. The lowest BCUT2D eigenvalue weighted by Crippen LogP contribution is -2.31. The Morgan fingerprint density at radius 3 is 2.69 bits per heavy atom. The van der Waals surface area contributed by atoms with Gasteiger partial charge in [-0.25, -0.2) is 4.98 Å². The molecule has 1 heterocycles. The first-order valence-corrected chi connectivity index (χ1v) is 4.93. The van der Waals surface area contributed by atoms with Crippen molar-refractivity contribution in [1.82, 2.24) is 4.98 Å². The van der Waals surface area contributed by atoms with Gasteiger partial charge in [-0.2, -0.15) is 0 Å². The second-order valence-corrected chi connectivity index (χ2v) is 3.51. The molecule has 0 saturated carbocycles. The molecule has 0 atom stereocenters. The molecule has 1 aromatic rings. The van der Waals surface area contributed by atoms with E-state index in [1.807, 2.05) is 13.0 Å². The van der Waals surface area contributed by atoms with E-state index in [1.54, 1.807) is 12.3 Å². The number of nitrogens with zero attached hydrogens (tertiary/aromatic N) is 2. The van der Waals surface area contributed by atoms with Crippen LogP contribution < -0.4 is 4.90 Å². The second kappa shape index (κ2) is 5.25. The van der Waals surface area contributed by atoms with E-state index in [0.29, 0.717) is 5.82 Å². The lowest BCUT2D eigenvalue weighted by molar-refractivity contribution is -0.136. The van der Waals surface area contributed by atoms with Gasteiger partial charge >= 0.3 is 5.97 Å². The summed E-state index contributed by atoms with van der Waals surface area (Å²) < 4.78 is 0. The molecule has 0 saturated heterocycles. The van der Waals surface area contributed by atoms with Crippen LogP contribution in [0.15, 0.2) is 18.3 Å². The Morgan fingerprint density at radius 2 is 2.19 bits per heavy atom. The molecular weight excluding hydrogens is 208 g/mol. The van der Waals surface area contributed by atoms with Crippen molar-refractivity contribution < 1.29 is 14.7 Å². The SMILES string of the molecule is CC(=O)N(CCC(=O)O)c1cc(C)ccn1. The molecule has 1 aromatic heterocycles. The molecule has 0 unspecified atom stereocenters. The fraction of sp³-hybridized carbons (Fsp3) is 0.364. The molecule has 16 heavy (non-hydrogen) atoms. The number of carbonyl (C=O) groups is 2. The van der Waals surface area contributed by atoms with E-state index in [0.717, 1.165) is 5.56 Å². The van der Waals surface area contributed by atoms with Crippen LogP contribution in [0.5, 0.6) is 0 Å². The minimum Gasteiger partial charge on any atom is -0.481 e. The lowest BCUT2D eigenvalue weighted by Gasteiger charge is -2.19. The van der Waals surface area contributed by atoms with Crippen molar-refractivity contribution in [3.8, 4) is 0 Å². The van der Waals surface area contributed by atoms with Crippen LogP contribution in [0.1, 0.15) is 18.9 Å². The zero-order valence-electron chi connectivity index (χ0n) is 9.30. The minimum atomic E-state index is -0.932. The number of aliphatic carboxylic acids is 1. The molecule has 0 aliphatic rings. The number of carboxylic acid groups (broad SMARTS) is 1. The van der Waals surface area contributed by atoms with Crippen molar-refractivity contribution in [2.45, 2.75) is 20.3 Å². The maximum atomic E-state index is 11.4. The maximum absolute atomic E-state index is 11.4. The summed E-state index contributed by atoms with van der Waals surface area (Å²) >= 11 is 0. The number of carboxylic acids is 1. The highest BCUT2D eigenvalue weighted by molar-refractivity contribution is 5.91. The molecule has 0 aliphatic heterocycles. The maximum Gasteiger partial charge on any atom is 0.305 e. The van der Waals surface area contributed by atoms with Crippen LogP contribution in [0.4, 0.5) is 5.82 Å². The Labute approximate surface area is 93.7 Å². The summed E-state index contributed by atoms with van der Waals surface area (Å²) in [6.07, 6.45) is 1.51. The van der Waals surface area contributed by atoms with Gasteiger partial charge in [-0.05, 0) is 24.6 Å². The van der Waals surface area contributed by atoms with Gasteiger partial charge in [0.1, 0.15) is 5.82 Å². The Hall–Kier alpha value is -1.91. The number of carbonyl (C=O) groups excluding carboxylic acids is 1. The van der Waals surface area contributed by atoms with E-state index in [1.165, 1.54) is 11.8 Å². The summed E-state index contributed by atoms with van der Waals surface area (Å²) in [5.74, 6) is -0.646. The van der Waals surface area contributed by atoms with Gasteiger partial charge in [0, 0.05) is 19.7 Å². The van der Waals surface area contributed by atoms with Gasteiger partial charge in [0.2, 0.25) is 5.91 Å². The third-order valence-corrected chi connectivity index (χ3v) is 2.11. The number of anilines is 1. The molecule has 0 fully saturated rings. The van der Waals surface area contributed by atoms with Gasteiger partial charge in [0.05, 0.1) is 6.42 Å². The van der Waals surface area contributed by atoms with Crippen molar-refractivity contribution in [3.63, 3.8) is 0 Å². The standard InChI is InChI=1S/C11H14N2O3/c1-8-3-5-12-10(7-8)13(9(2)14)6-4-11(15)16/h3,5,7H,4,6H2,1-2H3,(H,15,16). The Kier molecular flexibility index (Phi) is 3.99. The monoisotopic (exact) mass is 222 g/mol. The van der Waals surface area contributed by atoms with E-state index in [2.05, 4.69) is 4.98 Å². The van der Waals surface area contributed by atoms with Crippen LogP contribution in [0.25, 0.3) is 0 Å². The number of rotatable bonds is 4. The number of hydrogen-bond acceptors (Lipinski definition) is 3. The number of pyridine rings is 1. The largest absolute Gasteiger partial charge is 0.481 e. The Balaban J connectivity index is 2.85. The van der Waals surface area contributed by atoms with Crippen LogP contribution in [0.3, 0.4) is 0 Å². The average molecular weight is 222 g/mol. The third kappa shape index (κ3) is 3.34. The lowest BCUT2D eigenvalue weighted by atomic mass is 10.2. The fourth-order valence-electron chi connectivity index (χ4n) is 1.31. The first kappa shape index (κ1) is 12.2. The van der Waals surface area contributed by atoms with Crippen molar-refractivity contribution in [2.75, 3.05) is 11.4 Å². The minimum absolute atomic E-state index is 0.0881. The molecule has 0 bridgehead atoms. The van der Waals surface area contributed by atoms with E-state index in [-0.39, 0.29) is 18.9 Å². The van der Waals surface area contributed by atoms with E-state index in [4.69, 9.17) is 5.11 Å². The quantitative estimate of drug-likeness (QED) is 0.831. The van der Waals surface area contributed by atoms with Gasteiger partial charge in [-0.15, -0.1) is 0 Å². The Bertz CT molecular complexity index is 404. The number of aromatic nitrogens is 1. The Morgan fingerprint density at radius 1 is 1.50 bits per heavy atom. The van der Waals surface area contributed by atoms with Crippen LogP contribution in [0.2, 0.25) is 0 Å². The molecule has 0 aromatic carbocycles.